The van der Waals surface area contributed by atoms with Crippen molar-refractivity contribution in [1.82, 2.24) is 4.31 Å². The number of hydrogen-bond donors (Lipinski definition) is 1. The molecule has 1 aliphatic rings. The van der Waals surface area contributed by atoms with Crippen LogP contribution in [0.4, 0.5) is 11.4 Å². The van der Waals surface area contributed by atoms with Crippen molar-refractivity contribution in [1.29, 1.82) is 0 Å². The molecule has 3 aromatic rings. The number of anilines is 1. The van der Waals surface area contributed by atoms with E-state index in [2.05, 4.69) is 5.32 Å². The van der Waals surface area contributed by atoms with Gasteiger partial charge in [-0.15, -0.1) is 0 Å². The summed E-state index contributed by atoms with van der Waals surface area (Å²) in [6.07, 6.45) is 0.548. The molecule has 0 aromatic heterocycles. The van der Waals surface area contributed by atoms with Crippen LogP contribution in [0.5, 0.6) is 0 Å². The third-order valence-corrected chi connectivity index (χ3v) is 7.42. The third kappa shape index (κ3) is 4.36. The molecule has 10 heteroatoms. The summed E-state index contributed by atoms with van der Waals surface area (Å²) in [5.74, 6) is -0.594. The Morgan fingerprint density at radius 3 is 2.50 bits per heavy atom. The van der Waals surface area contributed by atoms with E-state index in [0.717, 1.165) is 17.2 Å². The van der Waals surface area contributed by atoms with Gasteiger partial charge in [-0.25, -0.2) is 8.42 Å². The number of hydrogen-bond acceptors (Lipinski definition) is 5. The Morgan fingerprint density at radius 1 is 1.03 bits per heavy atom. The summed E-state index contributed by atoms with van der Waals surface area (Å²) in [6.45, 7) is 0.535. The van der Waals surface area contributed by atoms with Gasteiger partial charge in [0.1, 0.15) is 0 Å². The first-order chi connectivity index (χ1) is 15.3. The number of nitro groups is 1. The summed E-state index contributed by atoms with van der Waals surface area (Å²) in [6, 6.07) is 17.1. The van der Waals surface area contributed by atoms with E-state index in [9.17, 15) is 23.3 Å². The molecular formula is C22H18ClN3O5S. The topological polar surface area (TPSA) is 110 Å². The molecule has 3 aromatic carbocycles. The number of nitrogens with zero attached hydrogens (tertiary/aromatic N) is 2. The van der Waals surface area contributed by atoms with E-state index in [1.807, 2.05) is 6.07 Å². The SMILES string of the molecule is O=C(Nc1ccc2c(c1)CN(S(=O)(=O)c1ccccc1)CC2)c1cc([N+](=O)[O-])ccc1Cl. The number of carbonyl (C=O) groups is 1. The van der Waals surface area contributed by atoms with Gasteiger partial charge >= 0.3 is 0 Å². The van der Waals surface area contributed by atoms with Crippen LogP contribution in [0.25, 0.3) is 0 Å². The van der Waals surface area contributed by atoms with Gasteiger partial charge in [-0.3, -0.25) is 14.9 Å². The first-order valence-corrected chi connectivity index (χ1v) is 11.5. The highest BCUT2D eigenvalue weighted by atomic mass is 35.5. The Balaban J connectivity index is 1.56. The number of nitro benzene ring substituents is 1. The lowest BCUT2D eigenvalue weighted by Crippen LogP contribution is -2.36. The van der Waals surface area contributed by atoms with Crippen molar-refractivity contribution in [2.45, 2.75) is 17.9 Å². The quantitative estimate of drug-likeness (QED) is 0.442. The molecule has 0 atom stereocenters. The Labute approximate surface area is 189 Å². The van der Waals surface area contributed by atoms with E-state index in [1.54, 1.807) is 42.5 Å². The zero-order valence-corrected chi connectivity index (χ0v) is 18.3. The molecule has 0 saturated heterocycles. The highest BCUT2D eigenvalue weighted by molar-refractivity contribution is 7.89. The van der Waals surface area contributed by atoms with Crippen LogP contribution >= 0.6 is 11.6 Å². The van der Waals surface area contributed by atoms with E-state index >= 15 is 0 Å². The average molecular weight is 472 g/mol. The number of fused-ring (bicyclic) bond motifs is 1. The molecule has 0 saturated carbocycles. The van der Waals surface area contributed by atoms with Crippen molar-refractivity contribution in [3.05, 3.63) is 98.6 Å². The van der Waals surface area contributed by atoms with Crippen molar-refractivity contribution in [2.24, 2.45) is 0 Å². The lowest BCUT2D eigenvalue weighted by molar-refractivity contribution is -0.384. The predicted molar refractivity (Wildman–Crippen MR) is 120 cm³/mol. The number of nitrogens with one attached hydrogen (secondary N) is 1. The Morgan fingerprint density at radius 2 is 1.78 bits per heavy atom. The van der Waals surface area contributed by atoms with Gasteiger partial charge in [0, 0.05) is 30.9 Å². The number of sulfonamides is 1. The lowest BCUT2D eigenvalue weighted by atomic mass is 10.0. The van der Waals surface area contributed by atoms with Crippen LogP contribution in [0, 0.1) is 10.1 Å². The maximum atomic E-state index is 13.0. The zero-order valence-electron chi connectivity index (χ0n) is 16.7. The van der Waals surface area contributed by atoms with Gasteiger partial charge in [-0.2, -0.15) is 4.31 Å². The largest absolute Gasteiger partial charge is 0.322 e. The molecule has 1 N–H and O–H groups in total. The minimum absolute atomic E-state index is 0.0214. The van der Waals surface area contributed by atoms with Crippen molar-refractivity contribution >= 4 is 38.9 Å². The Bertz CT molecular complexity index is 1310. The molecular weight excluding hydrogens is 454 g/mol. The molecule has 1 amide bonds. The number of benzene rings is 3. The third-order valence-electron chi connectivity index (χ3n) is 5.23. The van der Waals surface area contributed by atoms with E-state index in [0.29, 0.717) is 18.7 Å². The molecule has 1 heterocycles. The molecule has 4 rings (SSSR count). The fourth-order valence-electron chi connectivity index (χ4n) is 3.55. The molecule has 0 unspecified atom stereocenters. The highest BCUT2D eigenvalue weighted by Gasteiger charge is 2.28. The second-order valence-corrected chi connectivity index (χ2v) is 9.61. The second-order valence-electron chi connectivity index (χ2n) is 7.26. The van der Waals surface area contributed by atoms with Crippen LogP contribution in [-0.2, 0) is 23.0 Å². The van der Waals surface area contributed by atoms with Crippen molar-refractivity contribution in [2.75, 3.05) is 11.9 Å². The van der Waals surface area contributed by atoms with Gasteiger partial charge in [0.2, 0.25) is 10.0 Å². The van der Waals surface area contributed by atoms with Crippen LogP contribution < -0.4 is 5.32 Å². The maximum Gasteiger partial charge on any atom is 0.270 e. The fourth-order valence-corrected chi connectivity index (χ4v) is 5.20. The van der Waals surface area contributed by atoms with Crippen LogP contribution in [0.3, 0.4) is 0 Å². The molecule has 32 heavy (non-hydrogen) atoms. The van der Waals surface area contributed by atoms with Gasteiger partial charge in [0.25, 0.3) is 11.6 Å². The molecule has 8 nitrogen and oxygen atoms in total. The Hall–Kier alpha value is -3.27. The average Bonchev–Trinajstić information content (AvgIpc) is 2.79. The van der Waals surface area contributed by atoms with Gasteiger partial charge in [0.05, 0.1) is 20.4 Å². The van der Waals surface area contributed by atoms with Crippen LogP contribution in [-0.4, -0.2) is 30.1 Å². The van der Waals surface area contributed by atoms with E-state index in [-0.39, 0.29) is 27.7 Å². The molecule has 1 aliphatic heterocycles. The van der Waals surface area contributed by atoms with E-state index < -0.39 is 20.9 Å². The van der Waals surface area contributed by atoms with Crippen LogP contribution in [0.1, 0.15) is 21.5 Å². The van der Waals surface area contributed by atoms with Gasteiger partial charge in [-0.05, 0) is 47.9 Å². The smallest absolute Gasteiger partial charge is 0.270 e. The number of amides is 1. The molecule has 0 radical (unpaired) electrons. The molecule has 0 spiro atoms. The molecule has 0 fully saturated rings. The molecule has 164 valence electrons. The molecule has 0 bridgehead atoms. The first kappa shape index (κ1) is 21.9. The van der Waals surface area contributed by atoms with Crippen molar-refractivity contribution < 1.29 is 18.1 Å². The molecule has 0 aliphatic carbocycles. The van der Waals surface area contributed by atoms with E-state index in [4.69, 9.17) is 11.6 Å². The number of carbonyl (C=O) groups excluding carboxylic acids is 1. The zero-order chi connectivity index (χ0) is 22.9. The maximum absolute atomic E-state index is 13.0. The van der Waals surface area contributed by atoms with Crippen LogP contribution in [0.2, 0.25) is 5.02 Å². The fraction of sp³-hybridized carbons (Fsp3) is 0.136. The van der Waals surface area contributed by atoms with Crippen LogP contribution in [0.15, 0.2) is 71.6 Å². The predicted octanol–water partition coefficient (Wildman–Crippen LogP) is 4.25. The summed E-state index contributed by atoms with van der Waals surface area (Å²) >= 11 is 6.05. The van der Waals surface area contributed by atoms with Gasteiger partial charge < -0.3 is 5.32 Å². The number of rotatable bonds is 5. The highest BCUT2D eigenvalue weighted by Crippen LogP contribution is 2.28. The van der Waals surface area contributed by atoms with E-state index in [1.165, 1.54) is 16.4 Å². The normalized spacial score (nSPS) is 13.9. The first-order valence-electron chi connectivity index (χ1n) is 9.68. The summed E-state index contributed by atoms with van der Waals surface area (Å²) in [7, 11) is -3.64. The van der Waals surface area contributed by atoms with Gasteiger partial charge in [0.15, 0.2) is 0 Å². The minimum atomic E-state index is -3.64. The summed E-state index contributed by atoms with van der Waals surface area (Å²) in [4.78, 5) is 23.3. The number of halogens is 1. The monoisotopic (exact) mass is 471 g/mol. The second kappa shape index (κ2) is 8.70. The van der Waals surface area contributed by atoms with Gasteiger partial charge in [-0.1, -0.05) is 35.9 Å². The standard InChI is InChI=1S/C22H18ClN3O5S/c23-21-9-8-18(26(28)29)13-20(21)22(27)24-17-7-6-15-10-11-25(14-16(15)12-17)32(30,31)19-4-2-1-3-5-19/h1-9,12-13H,10-11,14H2,(H,24,27). The lowest BCUT2D eigenvalue weighted by Gasteiger charge is -2.28. The summed E-state index contributed by atoms with van der Waals surface area (Å²) in [5.41, 5.74) is 1.95. The Kier molecular flexibility index (Phi) is 5.96. The summed E-state index contributed by atoms with van der Waals surface area (Å²) < 4.78 is 27.3. The minimum Gasteiger partial charge on any atom is -0.322 e. The summed E-state index contributed by atoms with van der Waals surface area (Å²) in [5, 5.41) is 13.8. The number of non-ortho nitro benzene ring substituents is 1. The van der Waals surface area contributed by atoms with Crippen molar-refractivity contribution in [3.63, 3.8) is 0 Å². The van der Waals surface area contributed by atoms with Crippen molar-refractivity contribution in [3.8, 4) is 0 Å².